The average Bonchev–Trinajstić information content (AvgIpc) is 1.94. The van der Waals surface area contributed by atoms with E-state index in [9.17, 15) is 4.79 Å². The number of phenolic OH excluding ortho intramolecular Hbond substituents is 1. The van der Waals surface area contributed by atoms with Crippen molar-refractivity contribution in [3.05, 3.63) is 28.8 Å². The van der Waals surface area contributed by atoms with Crippen molar-refractivity contribution in [3.63, 3.8) is 0 Å². The maximum absolute atomic E-state index is 10.2. The van der Waals surface area contributed by atoms with E-state index >= 15 is 0 Å². The van der Waals surface area contributed by atoms with Crippen molar-refractivity contribution in [1.82, 2.24) is 0 Å². The van der Waals surface area contributed by atoms with Crippen molar-refractivity contribution in [2.45, 2.75) is 0 Å². The van der Waals surface area contributed by atoms with Crippen LogP contribution >= 0.6 is 11.6 Å². The molecule has 0 fully saturated rings. The zero-order valence-electron chi connectivity index (χ0n) is 5.75. The van der Waals surface area contributed by atoms with Gasteiger partial charge in [0.1, 0.15) is 5.75 Å². The molecule has 58 valence electrons. The molecule has 2 radical (unpaired) electrons. The van der Waals surface area contributed by atoms with Crippen LogP contribution < -0.4 is 0 Å². The van der Waals surface area contributed by atoms with Crippen LogP contribution in [0.3, 0.4) is 0 Å². The molecule has 0 bridgehead atoms. The van der Waals surface area contributed by atoms with Gasteiger partial charge < -0.3 is 5.11 Å². The fourth-order valence-corrected chi connectivity index (χ4v) is 0.800. The summed E-state index contributed by atoms with van der Waals surface area (Å²) < 4.78 is 0. The molecule has 1 aromatic rings. The van der Waals surface area contributed by atoms with Crippen LogP contribution in [0.15, 0.2) is 18.2 Å². The number of aromatic hydroxyl groups is 1. The summed E-state index contributed by atoms with van der Waals surface area (Å²) in [5.41, 5.74) is 0.215. The van der Waals surface area contributed by atoms with Crippen LogP contribution in [-0.2, 0) is 0 Å². The van der Waals surface area contributed by atoms with Crippen molar-refractivity contribution in [2.24, 2.45) is 0 Å². The monoisotopic (exact) mass is 366 g/mol. The predicted molar refractivity (Wildman–Crippen MR) is 47.0 cm³/mol. The predicted octanol–water partition coefficient (Wildman–Crippen LogP) is 0.942. The van der Waals surface area contributed by atoms with Gasteiger partial charge in [0.15, 0.2) is 6.29 Å². The van der Waals surface area contributed by atoms with Gasteiger partial charge >= 0.3 is 27.3 Å². The van der Waals surface area contributed by atoms with Crippen molar-refractivity contribution < 1.29 is 9.90 Å². The Hall–Kier alpha value is -0.0979. The molecular formula is C7H7ClO2Pb. The van der Waals surface area contributed by atoms with Gasteiger partial charge in [0.05, 0.1) is 5.56 Å². The third kappa shape index (κ3) is 2.78. The number of halogens is 1. The second-order valence-electron chi connectivity index (χ2n) is 1.82. The fraction of sp³-hybridized carbons (Fsp3) is 0. The summed E-state index contributed by atoms with van der Waals surface area (Å²) in [6.45, 7) is 0. The minimum absolute atomic E-state index is 0. The molecule has 4 heteroatoms. The van der Waals surface area contributed by atoms with Gasteiger partial charge in [-0.05, 0) is 18.2 Å². The van der Waals surface area contributed by atoms with Gasteiger partial charge in [-0.25, -0.2) is 0 Å². The van der Waals surface area contributed by atoms with Crippen molar-refractivity contribution in [1.29, 1.82) is 0 Å². The Morgan fingerprint density at radius 3 is 2.55 bits per heavy atom. The molecule has 11 heavy (non-hydrogen) atoms. The topological polar surface area (TPSA) is 37.3 Å². The van der Waals surface area contributed by atoms with Crippen LogP contribution in [0.25, 0.3) is 0 Å². The number of hydrogen-bond acceptors (Lipinski definition) is 2. The number of rotatable bonds is 1. The van der Waals surface area contributed by atoms with Gasteiger partial charge in [0, 0.05) is 5.02 Å². The first-order chi connectivity index (χ1) is 4.74. The maximum atomic E-state index is 10.2. The first-order valence-corrected chi connectivity index (χ1v) is 3.05. The molecular weight excluding hydrogens is 359 g/mol. The Morgan fingerprint density at radius 1 is 1.45 bits per heavy atom. The third-order valence-corrected chi connectivity index (χ3v) is 1.35. The molecule has 1 N–H and O–H groups in total. The Kier molecular flexibility index (Phi) is 4.67. The van der Waals surface area contributed by atoms with Gasteiger partial charge in [0.25, 0.3) is 0 Å². The van der Waals surface area contributed by atoms with Crippen molar-refractivity contribution in [2.75, 3.05) is 0 Å². The molecule has 0 saturated heterocycles. The summed E-state index contributed by atoms with van der Waals surface area (Å²) in [5, 5.41) is 9.39. The number of carbonyl (C=O) groups is 1. The molecule has 0 aliphatic carbocycles. The van der Waals surface area contributed by atoms with E-state index in [1.165, 1.54) is 18.2 Å². The third-order valence-electron chi connectivity index (χ3n) is 1.12. The summed E-state index contributed by atoms with van der Waals surface area (Å²) in [7, 11) is 0. The second kappa shape index (κ2) is 4.71. The summed E-state index contributed by atoms with van der Waals surface area (Å²) >= 11 is 5.53. The van der Waals surface area contributed by atoms with Crippen LogP contribution in [0.4, 0.5) is 0 Å². The van der Waals surface area contributed by atoms with Crippen LogP contribution in [0.5, 0.6) is 5.75 Å². The van der Waals surface area contributed by atoms with E-state index in [1.54, 1.807) is 0 Å². The summed E-state index contributed by atoms with van der Waals surface area (Å²) in [6, 6.07) is 4.31. The summed E-state index contributed by atoms with van der Waals surface area (Å²) in [6.07, 6.45) is 0.557. The van der Waals surface area contributed by atoms with E-state index in [4.69, 9.17) is 16.7 Å². The molecule has 0 spiro atoms. The summed E-state index contributed by atoms with van der Waals surface area (Å²) in [4.78, 5) is 10.2. The zero-order valence-corrected chi connectivity index (χ0v) is 12.0. The van der Waals surface area contributed by atoms with E-state index < -0.39 is 0 Å². The Bertz CT molecular complexity index is 263. The van der Waals surface area contributed by atoms with Crippen molar-refractivity contribution in [3.8, 4) is 5.75 Å². The Balaban J connectivity index is 0.000001000. The molecule has 1 aromatic carbocycles. The number of aldehydes is 1. The number of benzene rings is 1. The van der Waals surface area contributed by atoms with Crippen LogP contribution in [0, 0.1) is 0 Å². The molecule has 1 rings (SSSR count). The molecule has 0 amide bonds. The zero-order chi connectivity index (χ0) is 7.56. The molecule has 0 aliphatic rings. The first-order valence-electron chi connectivity index (χ1n) is 2.68. The molecule has 2 nitrogen and oxygen atoms in total. The second-order valence-corrected chi connectivity index (χ2v) is 2.26. The van der Waals surface area contributed by atoms with Gasteiger partial charge in [-0.15, -0.1) is 0 Å². The molecule has 0 heterocycles. The van der Waals surface area contributed by atoms with Crippen LogP contribution in [-0.4, -0.2) is 38.7 Å². The molecule has 0 saturated carbocycles. The van der Waals surface area contributed by atoms with E-state index in [-0.39, 0.29) is 38.6 Å². The Morgan fingerprint density at radius 2 is 2.09 bits per heavy atom. The van der Waals surface area contributed by atoms with Gasteiger partial charge in [-0.1, -0.05) is 11.6 Å². The van der Waals surface area contributed by atoms with E-state index in [1.807, 2.05) is 0 Å². The number of carbonyl (C=O) groups excluding carboxylic acids is 1. The van der Waals surface area contributed by atoms with E-state index in [0.29, 0.717) is 11.3 Å². The SMILES string of the molecule is O=Cc1cc(Cl)ccc1O.[PbH2]. The van der Waals surface area contributed by atoms with Crippen LogP contribution in [0.1, 0.15) is 10.4 Å². The average molecular weight is 366 g/mol. The van der Waals surface area contributed by atoms with E-state index in [2.05, 4.69) is 0 Å². The van der Waals surface area contributed by atoms with Gasteiger partial charge in [-0.3, -0.25) is 4.79 Å². The standard InChI is InChI=1S/C7H5ClO2.Pb.2H/c8-6-1-2-7(10)5(3-6)4-9;;;/h1-4,10H;;;. The number of hydrogen-bond donors (Lipinski definition) is 1. The van der Waals surface area contributed by atoms with Crippen LogP contribution in [0.2, 0.25) is 5.02 Å². The van der Waals surface area contributed by atoms with Gasteiger partial charge in [-0.2, -0.15) is 0 Å². The summed E-state index contributed by atoms with van der Waals surface area (Å²) in [5.74, 6) is -0.0422. The first kappa shape index (κ1) is 10.9. The number of phenols is 1. The minimum atomic E-state index is -0.0422. The van der Waals surface area contributed by atoms with Gasteiger partial charge in [0.2, 0.25) is 0 Å². The molecule has 0 atom stereocenters. The molecule has 0 unspecified atom stereocenters. The molecule has 0 aliphatic heterocycles. The Labute approximate surface area is 89.3 Å². The quantitative estimate of drug-likeness (QED) is 0.594. The van der Waals surface area contributed by atoms with E-state index in [0.717, 1.165) is 0 Å². The normalized spacial score (nSPS) is 8.45. The molecule has 0 aromatic heterocycles. The van der Waals surface area contributed by atoms with Crippen molar-refractivity contribution >= 4 is 45.2 Å². The fourth-order valence-electron chi connectivity index (χ4n) is 0.620.